The first kappa shape index (κ1) is 16.8. The lowest BCUT2D eigenvalue weighted by molar-refractivity contribution is -0.130. The maximum atomic E-state index is 12.1. The molecule has 0 aliphatic heterocycles. The predicted molar refractivity (Wildman–Crippen MR) is 81.2 cm³/mol. The molecule has 2 N–H and O–H groups in total. The minimum Gasteiger partial charge on any atom is -0.456 e. The summed E-state index contributed by atoms with van der Waals surface area (Å²) in [5.41, 5.74) is 6.60. The molecular weight excluding hydrogens is 270 g/mol. The van der Waals surface area contributed by atoms with E-state index in [4.69, 9.17) is 15.2 Å². The van der Waals surface area contributed by atoms with Crippen molar-refractivity contribution in [2.24, 2.45) is 0 Å². The number of nitrogens with two attached hydrogens (primary N) is 1. The van der Waals surface area contributed by atoms with Crippen molar-refractivity contribution in [3.8, 4) is 5.75 Å². The van der Waals surface area contributed by atoms with Crippen LogP contribution in [0.25, 0.3) is 0 Å². The van der Waals surface area contributed by atoms with E-state index in [9.17, 15) is 9.59 Å². The van der Waals surface area contributed by atoms with E-state index in [1.807, 2.05) is 0 Å². The van der Waals surface area contributed by atoms with Gasteiger partial charge in [0.15, 0.2) is 0 Å². The summed E-state index contributed by atoms with van der Waals surface area (Å²) >= 11 is 0. The fourth-order valence-corrected chi connectivity index (χ4v) is 1.52. The SMILES string of the molecule is C=C(C)C(=O)Oc1ccc(C(=O)OC(C)(C)C)c(N)c1C. The molecule has 0 aromatic heterocycles. The molecule has 0 saturated carbocycles. The van der Waals surface area contributed by atoms with E-state index in [1.54, 1.807) is 34.6 Å². The Morgan fingerprint density at radius 3 is 2.29 bits per heavy atom. The molecule has 114 valence electrons. The Kier molecular flexibility index (Phi) is 4.78. The van der Waals surface area contributed by atoms with Gasteiger partial charge in [0.25, 0.3) is 0 Å². The first-order valence-electron chi connectivity index (χ1n) is 6.53. The summed E-state index contributed by atoms with van der Waals surface area (Å²) in [4.78, 5) is 23.6. The van der Waals surface area contributed by atoms with Crippen molar-refractivity contribution in [2.45, 2.75) is 40.2 Å². The summed E-state index contributed by atoms with van der Waals surface area (Å²) in [7, 11) is 0. The van der Waals surface area contributed by atoms with Gasteiger partial charge >= 0.3 is 11.9 Å². The molecule has 0 amide bonds. The van der Waals surface area contributed by atoms with Crippen LogP contribution in [0.4, 0.5) is 5.69 Å². The second-order valence-electron chi connectivity index (χ2n) is 5.82. The topological polar surface area (TPSA) is 78.6 Å². The Hall–Kier alpha value is -2.30. The highest BCUT2D eigenvalue weighted by Gasteiger charge is 2.22. The fraction of sp³-hybridized carbons (Fsp3) is 0.375. The monoisotopic (exact) mass is 291 g/mol. The molecule has 5 nitrogen and oxygen atoms in total. The maximum Gasteiger partial charge on any atom is 0.340 e. The highest BCUT2D eigenvalue weighted by Crippen LogP contribution is 2.28. The Bertz CT molecular complexity index is 597. The van der Waals surface area contributed by atoms with Gasteiger partial charge in [-0.05, 0) is 46.8 Å². The highest BCUT2D eigenvalue weighted by molar-refractivity contribution is 5.97. The van der Waals surface area contributed by atoms with E-state index in [0.29, 0.717) is 11.3 Å². The molecule has 0 radical (unpaired) electrons. The van der Waals surface area contributed by atoms with Gasteiger partial charge < -0.3 is 15.2 Å². The first-order valence-corrected chi connectivity index (χ1v) is 6.53. The molecule has 0 aliphatic carbocycles. The molecule has 0 heterocycles. The average Bonchev–Trinajstić information content (AvgIpc) is 2.32. The lowest BCUT2D eigenvalue weighted by atomic mass is 10.1. The molecule has 1 aromatic carbocycles. The van der Waals surface area contributed by atoms with Gasteiger partial charge in [-0.1, -0.05) is 6.58 Å². The molecule has 0 bridgehead atoms. The van der Waals surface area contributed by atoms with E-state index in [0.717, 1.165) is 0 Å². The standard InChI is InChI=1S/C16H21NO4/c1-9(2)14(18)20-12-8-7-11(13(17)10(12)3)15(19)21-16(4,5)6/h7-8H,1,17H2,2-6H3. The predicted octanol–water partition coefficient (Wildman–Crippen LogP) is 3.01. The summed E-state index contributed by atoms with van der Waals surface area (Å²) in [6.45, 7) is 12.1. The van der Waals surface area contributed by atoms with Crippen LogP contribution >= 0.6 is 0 Å². The fourth-order valence-electron chi connectivity index (χ4n) is 1.52. The maximum absolute atomic E-state index is 12.1. The van der Waals surface area contributed by atoms with E-state index in [-0.39, 0.29) is 16.8 Å². The number of nitrogen functional groups attached to an aromatic ring is 1. The normalized spacial score (nSPS) is 10.9. The van der Waals surface area contributed by atoms with E-state index in [1.165, 1.54) is 12.1 Å². The molecule has 0 saturated heterocycles. The zero-order valence-corrected chi connectivity index (χ0v) is 13.1. The van der Waals surface area contributed by atoms with Gasteiger partial charge in [0.1, 0.15) is 11.4 Å². The van der Waals surface area contributed by atoms with Crippen molar-refractivity contribution in [2.75, 3.05) is 5.73 Å². The van der Waals surface area contributed by atoms with Crippen LogP contribution in [0.1, 0.15) is 43.6 Å². The lowest BCUT2D eigenvalue weighted by Gasteiger charge is -2.20. The molecule has 1 aromatic rings. The number of hydrogen-bond acceptors (Lipinski definition) is 5. The molecule has 0 spiro atoms. The number of benzene rings is 1. The summed E-state index contributed by atoms with van der Waals surface area (Å²) < 4.78 is 10.4. The summed E-state index contributed by atoms with van der Waals surface area (Å²) in [5.74, 6) is -0.754. The third kappa shape index (κ3) is 4.34. The van der Waals surface area contributed by atoms with Crippen LogP contribution in [0.5, 0.6) is 5.75 Å². The van der Waals surface area contributed by atoms with Crippen molar-refractivity contribution in [1.29, 1.82) is 0 Å². The zero-order chi connectivity index (χ0) is 16.4. The van der Waals surface area contributed by atoms with Crippen LogP contribution in [-0.4, -0.2) is 17.5 Å². The van der Waals surface area contributed by atoms with Crippen LogP contribution in [0.15, 0.2) is 24.3 Å². The van der Waals surface area contributed by atoms with Crippen molar-refractivity contribution >= 4 is 17.6 Å². The molecule has 5 heteroatoms. The molecule has 0 aliphatic rings. The Labute approximate surface area is 124 Å². The Morgan fingerprint density at radius 1 is 1.24 bits per heavy atom. The Balaban J connectivity index is 3.08. The minimum absolute atomic E-state index is 0.233. The largest absolute Gasteiger partial charge is 0.456 e. The van der Waals surface area contributed by atoms with E-state index < -0.39 is 17.5 Å². The molecule has 21 heavy (non-hydrogen) atoms. The molecular formula is C16H21NO4. The van der Waals surface area contributed by atoms with E-state index >= 15 is 0 Å². The van der Waals surface area contributed by atoms with Gasteiger partial charge in [-0.2, -0.15) is 0 Å². The first-order chi connectivity index (χ1) is 9.53. The van der Waals surface area contributed by atoms with Gasteiger partial charge in [0.05, 0.1) is 11.3 Å². The van der Waals surface area contributed by atoms with Crippen LogP contribution < -0.4 is 10.5 Å². The van der Waals surface area contributed by atoms with Crippen molar-refractivity contribution in [3.05, 3.63) is 35.4 Å². The molecule has 0 unspecified atom stereocenters. The van der Waals surface area contributed by atoms with Crippen LogP contribution in [0.3, 0.4) is 0 Å². The number of carbonyl (C=O) groups is 2. The zero-order valence-electron chi connectivity index (χ0n) is 13.1. The summed E-state index contributed by atoms with van der Waals surface area (Å²) in [6.07, 6.45) is 0. The number of anilines is 1. The number of ether oxygens (including phenoxy) is 2. The van der Waals surface area contributed by atoms with Crippen molar-refractivity contribution in [3.63, 3.8) is 0 Å². The quantitative estimate of drug-likeness (QED) is 0.401. The van der Waals surface area contributed by atoms with Crippen LogP contribution in [-0.2, 0) is 9.53 Å². The van der Waals surface area contributed by atoms with Gasteiger partial charge in [-0.3, -0.25) is 0 Å². The second-order valence-corrected chi connectivity index (χ2v) is 5.82. The van der Waals surface area contributed by atoms with Gasteiger partial charge in [-0.25, -0.2) is 9.59 Å². The highest BCUT2D eigenvalue weighted by atomic mass is 16.6. The second kappa shape index (κ2) is 5.99. The third-order valence-corrected chi connectivity index (χ3v) is 2.64. The number of rotatable bonds is 3. The van der Waals surface area contributed by atoms with E-state index in [2.05, 4.69) is 6.58 Å². The van der Waals surface area contributed by atoms with Crippen molar-refractivity contribution in [1.82, 2.24) is 0 Å². The van der Waals surface area contributed by atoms with Crippen LogP contribution in [0, 0.1) is 6.92 Å². The van der Waals surface area contributed by atoms with Gasteiger partial charge in [-0.15, -0.1) is 0 Å². The summed E-state index contributed by atoms with van der Waals surface area (Å²) in [5, 5.41) is 0. The number of carbonyl (C=O) groups excluding carboxylic acids is 2. The van der Waals surface area contributed by atoms with Crippen LogP contribution in [0.2, 0.25) is 0 Å². The lowest BCUT2D eigenvalue weighted by Crippen LogP contribution is -2.24. The summed E-state index contributed by atoms with van der Waals surface area (Å²) in [6, 6.07) is 3.00. The van der Waals surface area contributed by atoms with Crippen molar-refractivity contribution < 1.29 is 19.1 Å². The number of esters is 2. The molecule has 0 fully saturated rings. The Morgan fingerprint density at radius 2 is 1.81 bits per heavy atom. The third-order valence-electron chi connectivity index (χ3n) is 2.64. The number of hydrogen-bond donors (Lipinski definition) is 1. The minimum atomic E-state index is -0.609. The smallest absolute Gasteiger partial charge is 0.340 e. The van der Waals surface area contributed by atoms with Gasteiger partial charge in [0, 0.05) is 11.1 Å². The van der Waals surface area contributed by atoms with Gasteiger partial charge in [0.2, 0.25) is 0 Å². The average molecular weight is 291 g/mol. The molecule has 0 atom stereocenters. The molecule has 1 rings (SSSR count).